The standard InChI is InChI=1S/C13H16ClFN2O/c14-9-5-10(15)7-11(6-9)17-12(18)13(8-16)3-1-2-4-13/h5-7H,1-4,8,16H2,(H,17,18). The van der Waals surface area contributed by atoms with E-state index >= 15 is 0 Å². The van der Waals surface area contributed by atoms with Gasteiger partial charge in [0.1, 0.15) is 5.82 Å². The monoisotopic (exact) mass is 270 g/mol. The largest absolute Gasteiger partial charge is 0.329 e. The van der Waals surface area contributed by atoms with E-state index in [1.54, 1.807) is 0 Å². The minimum Gasteiger partial charge on any atom is -0.329 e. The van der Waals surface area contributed by atoms with Gasteiger partial charge in [-0.1, -0.05) is 24.4 Å². The summed E-state index contributed by atoms with van der Waals surface area (Å²) < 4.78 is 13.2. The van der Waals surface area contributed by atoms with Crippen LogP contribution in [-0.2, 0) is 4.79 Å². The molecule has 0 aliphatic heterocycles. The molecule has 2 rings (SSSR count). The topological polar surface area (TPSA) is 55.1 Å². The fourth-order valence-electron chi connectivity index (χ4n) is 2.47. The molecule has 1 fully saturated rings. The molecule has 98 valence electrons. The maximum atomic E-state index is 13.2. The Labute approximate surface area is 111 Å². The van der Waals surface area contributed by atoms with Crippen LogP contribution < -0.4 is 11.1 Å². The summed E-state index contributed by atoms with van der Waals surface area (Å²) >= 11 is 5.75. The Kier molecular flexibility index (Phi) is 3.88. The van der Waals surface area contributed by atoms with Gasteiger partial charge in [-0.05, 0) is 31.0 Å². The van der Waals surface area contributed by atoms with Crippen molar-refractivity contribution >= 4 is 23.2 Å². The Morgan fingerprint density at radius 3 is 2.61 bits per heavy atom. The summed E-state index contributed by atoms with van der Waals surface area (Å²) in [4.78, 5) is 12.2. The molecule has 0 saturated heterocycles. The molecule has 1 amide bonds. The lowest BCUT2D eigenvalue weighted by Crippen LogP contribution is -2.40. The van der Waals surface area contributed by atoms with Gasteiger partial charge in [-0.15, -0.1) is 0 Å². The van der Waals surface area contributed by atoms with Crippen LogP contribution in [-0.4, -0.2) is 12.5 Å². The lowest BCUT2D eigenvalue weighted by molar-refractivity contribution is -0.124. The number of carbonyl (C=O) groups is 1. The molecule has 0 heterocycles. The number of hydrogen-bond donors (Lipinski definition) is 2. The zero-order chi connectivity index (χ0) is 13.2. The SMILES string of the molecule is NCC1(C(=O)Nc2cc(F)cc(Cl)c2)CCCC1. The number of nitrogens with two attached hydrogens (primary N) is 1. The summed E-state index contributed by atoms with van der Waals surface area (Å²) in [6, 6.07) is 3.98. The number of benzene rings is 1. The minimum atomic E-state index is -0.501. The predicted octanol–water partition coefficient (Wildman–Crippen LogP) is 2.94. The third-order valence-corrected chi connectivity index (χ3v) is 3.77. The lowest BCUT2D eigenvalue weighted by Gasteiger charge is -2.25. The van der Waals surface area contributed by atoms with Gasteiger partial charge in [0, 0.05) is 17.3 Å². The van der Waals surface area contributed by atoms with Gasteiger partial charge in [0.25, 0.3) is 0 Å². The summed E-state index contributed by atoms with van der Waals surface area (Å²) in [5.74, 6) is -0.602. The summed E-state index contributed by atoms with van der Waals surface area (Å²) in [5, 5.41) is 2.98. The molecule has 1 aromatic rings. The minimum absolute atomic E-state index is 0.135. The maximum Gasteiger partial charge on any atom is 0.231 e. The normalized spacial score (nSPS) is 17.7. The van der Waals surface area contributed by atoms with Gasteiger partial charge in [-0.3, -0.25) is 4.79 Å². The summed E-state index contributed by atoms with van der Waals surface area (Å²) in [6.07, 6.45) is 3.60. The van der Waals surface area contributed by atoms with Crippen LogP contribution in [0.2, 0.25) is 5.02 Å². The van der Waals surface area contributed by atoms with Gasteiger partial charge >= 0.3 is 0 Å². The van der Waals surface area contributed by atoms with E-state index in [2.05, 4.69) is 5.32 Å². The molecular formula is C13H16ClFN2O. The molecule has 0 spiro atoms. The van der Waals surface area contributed by atoms with Gasteiger partial charge in [0.05, 0.1) is 5.41 Å². The van der Waals surface area contributed by atoms with Crippen LogP contribution in [0, 0.1) is 11.2 Å². The third kappa shape index (κ3) is 2.65. The fourth-order valence-corrected chi connectivity index (χ4v) is 2.69. The van der Waals surface area contributed by atoms with Crippen molar-refractivity contribution in [3.8, 4) is 0 Å². The van der Waals surface area contributed by atoms with Crippen LogP contribution in [0.5, 0.6) is 0 Å². The van der Waals surface area contributed by atoms with E-state index in [-0.39, 0.29) is 10.9 Å². The molecule has 3 nitrogen and oxygen atoms in total. The molecule has 0 atom stereocenters. The zero-order valence-electron chi connectivity index (χ0n) is 10.0. The van der Waals surface area contributed by atoms with Gasteiger partial charge in [0.2, 0.25) is 5.91 Å². The lowest BCUT2D eigenvalue weighted by atomic mass is 9.85. The van der Waals surface area contributed by atoms with Crippen molar-refractivity contribution in [2.24, 2.45) is 11.1 Å². The van der Waals surface area contributed by atoms with E-state index in [1.165, 1.54) is 18.2 Å². The van der Waals surface area contributed by atoms with E-state index in [0.717, 1.165) is 25.7 Å². The first kappa shape index (κ1) is 13.3. The van der Waals surface area contributed by atoms with Crippen molar-refractivity contribution in [1.82, 2.24) is 0 Å². The second-order valence-corrected chi connectivity index (χ2v) is 5.24. The summed E-state index contributed by atoms with van der Waals surface area (Å²) in [5.41, 5.74) is 5.60. The molecule has 0 unspecified atom stereocenters. The second-order valence-electron chi connectivity index (χ2n) is 4.80. The summed E-state index contributed by atoms with van der Waals surface area (Å²) in [7, 11) is 0. The van der Waals surface area contributed by atoms with Crippen molar-refractivity contribution in [2.45, 2.75) is 25.7 Å². The first-order chi connectivity index (χ1) is 8.55. The number of nitrogens with one attached hydrogen (secondary N) is 1. The van der Waals surface area contributed by atoms with Crippen molar-refractivity contribution in [1.29, 1.82) is 0 Å². The average molecular weight is 271 g/mol. The van der Waals surface area contributed by atoms with Crippen LogP contribution in [0.25, 0.3) is 0 Å². The predicted molar refractivity (Wildman–Crippen MR) is 70.0 cm³/mol. The molecule has 0 bridgehead atoms. The van der Waals surface area contributed by atoms with E-state index in [0.29, 0.717) is 12.2 Å². The maximum absolute atomic E-state index is 13.2. The first-order valence-electron chi connectivity index (χ1n) is 6.03. The smallest absolute Gasteiger partial charge is 0.231 e. The molecule has 1 aliphatic rings. The van der Waals surface area contributed by atoms with Gasteiger partial charge in [0.15, 0.2) is 0 Å². The molecule has 18 heavy (non-hydrogen) atoms. The fraction of sp³-hybridized carbons (Fsp3) is 0.462. The molecule has 1 saturated carbocycles. The average Bonchev–Trinajstić information content (AvgIpc) is 2.77. The van der Waals surface area contributed by atoms with Gasteiger partial charge in [-0.25, -0.2) is 4.39 Å². The molecule has 1 aromatic carbocycles. The molecular weight excluding hydrogens is 255 g/mol. The van der Waals surface area contributed by atoms with Gasteiger partial charge < -0.3 is 11.1 Å². The molecule has 5 heteroatoms. The number of carbonyl (C=O) groups excluding carboxylic acids is 1. The van der Waals surface area contributed by atoms with Crippen LogP contribution in [0.15, 0.2) is 18.2 Å². The number of hydrogen-bond acceptors (Lipinski definition) is 2. The number of anilines is 1. The van der Waals surface area contributed by atoms with Crippen molar-refractivity contribution in [3.63, 3.8) is 0 Å². The van der Waals surface area contributed by atoms with Crippen LogP contribution in [0.3, 0.4) is 0 Å². The summed E-state index contributed by atoms with van der Waals surface area (Å²) in [6.45, 7) is 0.321. The second kappa shape index (κ2) is 5.24. The van der Waals surface area contributed by atoms with Crippen molar-refractivity contribution < 1.29 is 9.18 Å². The van der Waals surface area contributed by atoms with Gasteiger partial charge in [-0.2, -0.15) is 0 Å². The van der Waals surface area contributed by atoms with E-state index in [4.69, 9.17) is 17.3 Å². The Bertz CT molecular complexity index is 438. The quantitative estimate of drug-likeness (QED) is 0.887. The van der Waals surface area contributed by atoms with Crippen LogP contribution in [0.1, 0.15) is 25.7 Å². The number of rotatable bonds is 3. The molecule has 1 aliphatic carbocycles. The highest BCUT2D eigenvalue weighted by molar-refractivity contribution is 6.30. The Morgan fingerprint density at radius 2 is 2.06 bits per heavy atom. The van der Waals surface area contributed by atoms with Crippen molar-refractivity contribution in [2.75, 3.05) is 11.9 Å². The van der Waals surface area contributed by atoms with E-state index in [9.17, 15) is 9.18 Å². The highest BCUT2D eigenvalue weighted by Gasteiger charge is 2.39. The Morgan fingerprint density at radius 1 is 1.39 bits per heavy atom. The molecule has 3 N–H and O–H groups in total. The number of amides is 1. The van der Waals surface area contributed by atoms with Crippen molar-refractivity contribution in [3.05, 3.63) is 29.0 Å². The molecule has 0 aromatic heterocycles. The highest BCUT2D eigenvalue weighted by atomic mass is 35.5. The zero-order valence-corrected chi connectivity index (χ0v) is 10.8. The third-order valence-electron chi connectivity index (χ3n) is 3.55. The Hall–Kier alpha value is -1.13. The van der Waals surface area contributed by atoms with E-state index < -0.39 is 11.2 Å². The van der Waals surface area contributed by atoms with Crippen LogP contribution in [0.4, 0.5) is 10.1 Å². The Balaban J connectivity index is 2.15. The highest BCUT2D eigenvalue weighted by Crippen LogP contribution is 2.38. The molecule has 0 radical (unpaired) electrons. The first-order valence-corrected chi connectivity index (χ1v) is 6.41. The number of halogens is 2. The van der Waals surface area contributed by atoms with E-state index in [1.807, 2.05) is 0 Å². The van der Waals surface area contributed by atoms with Crippen LogP contribution >= 0.6 is 11.6 Å².